The summed E-state index contributed by atoms with van der Waals surface area (Å²) in [6, 6.07) is 48.0. The Morgan fingerprint density at radius 3 is 2.31 bits per heavy atom. The smallest absolute Gasteiger partial charge is 0.0887 e. The van der Waals surface area contributed by atoms with Gasteiger partial charge in [-0.3, -0.25) is 15.5 Å². The predicted octanol–water partition coefficient (Wildman–Crippen LogP) is 11.2. The van der Waals surface area contributed by atoms with E-state index >= 15 is 0 Å². The van der Waals surface area contributed by atoms with E-state index in [1.54, 1.807) is 0 Å². The molecule has 1 heterocycles. The molecule has 1 fully saturated rings. The van der Waals surface area contributed by atoms with Gasteiger partial charge in [0.1, 0.15) is 0 Å². The Kier molecular flexibility index (Phi) is 9.21. The topological polar surface area (TPSA) is 39.3 Å². The van der Waals surface area contributed by atoms with Crippen LogP contribution in [0.5, 0.6) is 0 Å². The van der Waals surface area contributed by atoms with Crippen LogP contribution < -0.4 is 16.0 Å². The van der Waals surface area contributed by atoms with Crippen molar-refractivity contribution in [3.8, 4) is 0 Å². The summed E-state index contributed by atoms with van der Waals surface area (Å²) < 4.78 is 0. The van der Waals surface area contributed by atoms with E-state index in [1.165, 1.54) is 38.6 Å². The van der Waals surface area contributed by atoms with Crippen molar-refractivity contribution in [1.82, 2.24) is 15.5 Å². The lowest BCUT2D eigenvalue weighted by Gasteiger charge is -2.46. The van der Waals surface area contributed by atoms with Crippen molar-refractivity contribution in [3.05, 3.63) is 197 Å². The molecule has 1 saturated heterocycles. The molecular formula is C47H44N4. The van der Waals surface area contributed by atoms with E-state index < -0.39 is 0 Å². The van der Waals surface area contributed by atoms with Crippen LogP contribution in [0.3, 0.4) is 0 Å². The van der Waals surface area contributed by atoms with Gasteiger partial charge in [0, 0.05) is 16.9 Å². The maximum absolute atomic E-state index is 4.67. The standard InChI is InChI=1S/C47H44N4/c1-4-14-34-16-10-12-21-41(34)32(2)44-42-22-13-11-17-35(42)27-30-43(44)48-40-28-25-37(26-29-40)46-49-45(36-18-6-5-7-19-36)50-47(51(46)3)39-24-23-33-15-8-9-20-38(33)31-39/h4-8,10-19,21-31,45-50H,2,9,20H2,1,3H3/b14-4-. The molecule has 6 aromatic rings. The van der Waals surface area contributed by atoms with Crippen molar-refractivity contribution >= 4 is 39.9 Å². The molecular weight excluding hydrogens is 621 g/mol. The Morgan fingerprint density at radius 2 is 1.49 bits per heavy atom. The second-order valence-corrected chi connectivity index (χ2v) is 13.6. The van der Waals surface area contributed by atoms with Gasteiger partial charge in [0.2, 0.25) is 0 Å². The van der Waals surface area contributed by atoms with E-state index in [2.05, 4.69) is 199 Å². The molecule has 6 aromatic carbocycles. The number of allylic oxidation sites excluding steroid dienone is 2. The molecule has 4 heteroatoms. The van der Waals surface area contributed by atoms with E-state index in [4.69, 9.17) is 0 Å². The van der Waals surface area contributed by atoms with Gasteiger partial charge in [-0.25, -0.2) is 0 Å². The third kappa shape index (κ3) is 6.58. The highest BCUT2D eigenvalue weighted by Gasteiger charge is 2.35. The van der Waals surface area contributed by atoms with Crippen LogP contribution in [0.25, 0.3) is 28.5 Å². The van der Waals surface area contributed by atoms with Gasteiger partial charge >= 0.3 is 0 Å². The number of aryl methyl sites for hydroxylation is 1. The van der Waals surface area contributed by atoms with E-state index in [0.29, 0.717) is 0 Å². The average molecular weight is 665 g/mol. The summed E-state index contributed by atoms with van der Waals surface area (Å²) in [5, 5.41) is 14.0. The van der Waals surface area contributed by atoms with E-state index in [0.717, 1.165) is 46.5 Å². The van der Waals surface area contributed by atoms with Gasteiger partial charge < -0.3 is 5.32 Å². The second kappa shape index (κ2) is 14.4. The number of rotatable bonds is 8. The molecule has 1 aliphatic heterocycles. The van der Waals surface area contributed by atoms with Crippen LogP contribution in [0, 0.1) is 0 Å². The molecule has 51 heavy (non-hydrogen) atoms. The van der Waals surface area contributed by atoms with Crippen LogP contribution >= 0.6 is 0 Å². The number of hydrogen-bond donors (Lipinski definition) is 3. The molecule has 1 aliphatic carbocycles. The first-order valence-electron chi connectivity index (χ1n) is 18.0. The van der Waals surface area contributed by atoms with Crippen LogP contribution in [0.1, 0.15) is 76.3 Å². The molecule has 8 rings (SSSR count). The quantitative estimate of drug-likeness (QED) is 0.151. The molecule has 3 atom stereocenters. The third-order valence-corrected chi connectivity index (χ3v) is 10.3. The first-order valence-corrected chi connectivity index (χ1v) is 18.0. The maximum Gasteiger partial charge on any atom is 0.0887 e. The minimum atomic E-state index is -0.0114. The summed E-state index contributed by atoms with van der Waals surface area (Å²) in [5.41, 5.74) is 12.9. The van der Waals surface area contributed by atoms with Crippen molar-refractivity contribution in [1.29, 1.82) is 0 Å². The van der Waals surface area contributed by atoms with Gasteiger partial charge in [-0.1, -0.05) is 146 Å². The fourth-order valence-electron chi connectivity index (χ4n) is 7.71. The van der Waals surface area contributed by atoms with Crippen LogP contribution in [0.2, 0.25) is 0 Å². The highest BCUT2D eigenvalue weighted by molar-refractivity contribution is 6.03. The summed E-state index contributed by atoms with van der Waals surface area (Å²) in [6.45, 7) is 6.72. The monoisotopic (exact) mass is 664 g/mol. The van der Waals surface area contributed by atoms with E-state index in [-0.39, 0.29) is 18.5 Å². The summed E-state index contributed by atoms with van der Waals surface area (Å²) in [5.74, 6) is 0. The number of anilines is 2. The SMILES string of the molecule is C=C(c1ccccc1/C=C\C)c1c(Nc2ccc(C3NC(c4ccccc4)NC(c4ccc5c(c4)CCC=C5)N3C)cc2)ccc2ccccc12. The molecule has 3 unspecified atom stereocenters. The van der Waals surface area contributed by atoms with Gasteiger partial charge in [0.25, 0.3) is 0 Å². The van der Waals surface area contributed by atoms with Gasteiger partial charge in [-0.2, -0.15) is 0 Å². The molecule has 252 valence electrons. The predicted molar refractivity (Wildman–Crippen MR) is 215 cm³/mol. The largest absolute Gasteiger partial charge is 0.355 e. The summed E-state index contributed by atoms with van der Waals surface area (Å²) >= 11 is 0. The average Bonchev–Trinajstić information content (AvgIpc) is 3.18. The maximum atomic E-state index is 4.67. The summed E-state index contributed by atoms with van der Waals surface area (Å²) in [7, 11) is 2.21. The first kappa shape index (κ1) is 32.7. The summed E-state index contributed by atoms with van der Waals surface area (Å²) in [4.78, 5) is 2.41. The number of benzene rings is 6. The minimum absolute atomic E-state index is 0.00874. The molecule has 0 saturated carbocycles. The highest BCUT2D eigenvalue weighted by Crippen LogP contribution is 2.39. The molecule has 4 nitrogen and oxygen atoms in total. The number of fused-ring (bicyclic) bond motifs is 2. The Balaban J connectivity index is 1.12. The zero-order chi connectivity index (χ0) is 34.7. The molecule has 0 bridgehead atoms. The zero-order valence-corrected chi connectivity index (χ0v) is 29.3. The van der Waals surface area contributed by atoms with Gasteiger partial charge in [-0.15, -0.1) is 0 Å². The van der Waals surface area contributed by atoms with Gasteiger partial charge in [0.05, 0.1) is 18.5 Å². The Labute approximate surface area is 301 Å². The van der Waals surface area contributed by atoms with Crippen molar-refractivity contribution in [2.45, 2.75) is 38.3 Å². The number of nitrogens with zero attached hydrogens (tertiary/aromatic N) is 1. The normalized spacial score (nSPS) is 18.9. The fourth-order valence-corrected chi connectivity index (χ4v) is 7.71. The van der Waals surface area contributed by atoms with Gasteiger partial charge in [-0.05, 0) is 100 Å². The van der Waals surface area contributed by atoms with E-state index in [1.807, 2.05) is 0 Å². The third-order valence-electron chi connectivity index (χ3n) is 10.3. The zero-order valence-electron chi connectivity index (χ0n) is 29.3. The van der Waals surface area contributed by atoms with Crippen molar-refractivity contribution in [3.63, 3.8) is 0 Å². The Morgan fingerprint density at radius 1 is 0.765 bits per heavy atom. The van der Waals surface area contributed by atoms with Gasteiger partial charge in [0.15, 0.2) is 0 Å². The molecule has 0 amide bonds. The molecule has 0 spiro atoms. The first-order chi connectivity index (χ1) is 25.1. The molecule has 0 aromatic heterocycles. The van der Waals surface area contributed by atoms with Crippen LogP contribution in [-0.2, 0) is 6.42 Å². The summed E-state index contributed by atoms with van der Waals surface area (Å²) in [6.07, 6.45) is 11.0. The van der Waals surface area contributed by atoms with Crippen LogP contribution in [0.15, 0.2) is 152 Å². The molecule has 2 aliphatic rings. The Hall–Kier alpha value is -5.52. The van der Waals surface area contributed by atoms with Crippen molar-refractivity contribution in [2.75, 3.05) is 12.4 Å². The molecule has 3 N–H and O–H groups in total. The highest BCUT2D eigenvalue weighted by atomic mass is 15.4. The lowest BCUT2D eigenvalue weighted by atomic mass is 9.90. The van der Waals surface area contributed by atoms with Crippen molar-refractivity contribution in [2.24, 2.45) is 0 Å². The lowest BCUT2D eigenvalue weighted by molar-refractivity contribution is 0.0415. The van der Waals surface area contributed by atoms with Crippen LogP contribution in [0.4, 0.5) is 11.4 Å². The van der Waals surface area contributed by atoms with E-state index in [9.17, 15) is 0 Å². The van der Waals surface area contributed by atoms with Crippen LogP contribution in [-0.4, -0.2) is 11.9 Å². The number of hydrogen-bond acceptors (Lipinski definition) is 4. The molecule has 0 radical (unpaired) electrons. The number of nitrogens with one attached hydrogen (secondary N) is 3. The minimum Gasteiger partial charge on any atom is -0.355 e. The second-order valence-electron chi connectivity index (χ2n) is 13.6. The lowest BCUT2D eigenvalue weighted by Crippen LogP contribution is -2.54. The Bertz CT molecular complexity index is 2250. The fraction of sp³-hybridized carbons (Fsp3) is 0.149. The van der Waals surface area contributed by atoms with Crippen molar-refractivity contribution < 1.29 is 0 Å².